The summed E-state index contributed by atoms with van der Waals surface area (Å²) in [6.45, 7) is 0.125. The van der Waals surface area contributed by atoms with Crippen molar-refractivity contribution in [2.75, 3.05) is 12.8 Å². The molecule has 0 saturated carbocycles. The number of nitrogens with zero attached hydrogens (tertiary/aromatic N) is 2. The van der Waals surface area contributed by atoms with E-state index in [1.807, 2.05) is 6.26 Å². The van der Waals surface area contributed by atoms with E-state index in [1.54, 1.807) is 36.4 Å². The molecule has 1 aromatic heterocycles. The first-order chi connectivity index (χ1) is 12.0. The zero-order chi connectivity index (χ0) is 18.4. The number of H-pyrrole nitrogens is 1. The second-order valence-corrected chi connectivity index (χ2v) is 6.55. The van der Waals surface area contributed by atoms with E-state index >= 15 is 0 Å². The van der Waals surface area contributed by atoms with Crippen LogP contribution in [0.25, 0.3) is 11.0 Å². The van der Waals surface area contributed by atoms with Gasteiger partial charge >= 0.3 is 0 Å². The van der Waals surface area contributed by atoms with E-state index in [0.29, 0.717) is 26.6 Å². The van der Waals surface area contributed by atoms with E-state index in [-0.39, 0.29) is 6.54 Å². The quantitative estimate of drug-likeness (QED) is 0.435. The predicted octanol–water partition coefficient (Wildman–Crippen LogP) is 5.51. The molecule has 1 heterocycles. The lowest BCUT2D eigenvalue weighted by Crippen LogP contribution is -1.91. The van der Waals surface area contributed by atoms with Gasteiger partial charge in [-0.05, 0) is 24.5 Å². The lowest BCUT2D eigenvalue weighted by molar-refractivity contribution is 0.484. The van der Waals surface area contributed by atoms with Crippen molar-refractivity contribution in [2.24, 2.45) is 5.73 Å². The van der Waals surface area contributed by atoms with Crippen LogP contribution in [0.3, 0.4) is 0 Å². The van der Waals surface area contributed by atoms with E-state index < -0.39 is 0 Å². The molecule has 130 valence electrons. The smallest absolute Gasteiger partial charge is 0.166 e. The van der Waals surface area contributed by atoms with Gasteiger partial charge < -0.3 is 15.5 Å². The van der Waals surface area contributed by atoms with Gasteiger partial charge in [0.15, 0.2) is 5.16 Å². The summed E-state index contributed by atoms with van der Waals surface area (Å²) >= 11 is 19.9. The third-order valence-electron chi connectivity index (χ3n) is 2.93. The molecule has 0 saturated heterocycles. The molecule has 25 heavy (non-hydrogen) atoms. The maximum absolute atomic E-state index is 7.50. The number of aromatic nitrogens is 2. The van der Waals surface area contributed by atoms with E-state index in [4.69, 9.17) is 44.8 Å². The van der Waals surface area contributed by atoms with Crippen LogP contribution < -0.4 is 10.5 Å². The van der Waals surface area contributed by atoms with Gasteiger partial charge in [0, 0.05) is 6.07 Å². The molecule has 3 aromatic rings. The zero-order valence-corrected chi connectivity index (χ0v) is 16.1. The average Bonchev–Trinajstić information content (AvgIpc) is 3.01. The molecular weight excluding hydrogens is 403 g/mol. The summed E-state index contributed by atoms with van der Waals surface area (Å²) < 4.78 is 5.77. The molecule has 2 aromatic carbocycles. The van der Waals surface area contributed by atoms with E-state index in [0.717, 1.165) is 16.2 Å². The first kappa shape index (κ1) is 19.7. The van der Waals surface area contributed by atoms with Crippen molar-refractivity contribution in [3.8, 4) is 17.6 Å². The molecule has 3 N–H and O–H groups in total. The van der Waals surface area contributed by atoms with Crippen LogP contribution in [0.5, 0.6) is 11.5 Å². The third kappa shape index (κ3) is 4.94. The highest BCUT2D eigenvalue weighted by atomic mass is 35.5. The molecule has 0 atom stereocenters. The minimum atomic E-state index is 0.125. The fourth-order valence-electron chi connectivity index (χ4n) is 1.84. The number of rotatable bonds is 3. The van der Waals surface area contributed by atoms with Gasteiger partial charge in [0.05, 0.1) is 33.7 Å². The van der Waals surface area contributed by atoms with Gasteiger partial charge in [-0.3, -0.25) is 0 Å². The van der Waals surface area contributed by atoms with Crippen molar-refractivity contribution in [3.05, 3.63) is 45.4 Å². The fraction of sp³-hybridized carbons (Fsp3) is 0.125. The summed E-state index contributed by atoms with van der Waals surface area (Å²) in [5, 5.41) is 9.55. The maximum Gasteiger partial charge on any atom is 0.166 e. The number of halogens is 3. The number of thioether (sulfide) groups is 1. The Labute approximate surface area is 164 Å². The number of aromatic amines is 1. The minimum absolute atomic E-state index is 0.125. The number of hydrogen-bond donors (Lipinski definition) is 2. The van der Waals surface area contributed by atoms with Crippen molar-refractivity contribution in [2.45, 2.75) is 5.16 Å². The molecule has 0 fully saturated rings. The van der Waals surface area contributed by atoms with Gasteiger partial charge in [0.2, 0.25) is 0 Å². The average molecular weight is 416 g/mol. The first-order valence-electron chi connectivity index (χ1n) is 6.92. The van der Waals surface area contributed by atoms with Gasteiger partial charge in [-0.2, -0.15) is 5.26 Å². The molecular formula is C16H13Cl3N4OS. The zero-order valence-electron chi connectivity index (χ0n) is 13.0. The number of benzene rings is 2. The van der Waals surface area contributed by atoms with E-state index in [1.165, 1.54) is 11.8 Å². The van der Waals surface area contributed by atoms with Crippen LogP contribution in [0.4, 0.5) is 0 Å². The SMILES string of the molecule is CSc1nc2cc(Cl)c(Oc3cccc(Cl)c3Cl)cc2[nH]1.N#CCN. The molecule has 0 aliphatic heterocycles. The molecule has 0 amide bonds. The molecule has 0 unspecified atom stereocenters. The lowest BCUT2D eigenvalue weighted by Gasteiger charge is -2.09. The molecule has 0 aliphatic rings. The Morgan fingerprint density at radius 1 is 1.24 bits per heavy atom. The Kier molecular flexibility index (Phi) is 7.24. The number of nitrogens with one attached hydrogen (secondary N) is 1. The van der Waals surface area contributed by atoms with Crippen LogP contribution in [0.2, 0.25) is 15.1 Å². The normalized spacial score (nSPS) is 10.1. The molecule has 3 rings (SSSR count). The van der Waals surface area contributed by atoms with Crippen molar-refractivity contribution >= 4 is 57.6 Å². The second kappa shape index (κ2) is 9.18. The summed E-state index contributed by atoms with van der Waals surface area (Å²) in [4.78, 5) is 7.57. The summed E-state index contributed by atoms with van der Waals surface area (Å²) in [5.41, 5.74) is 6.30. The molecule has 5 nitrogen and oxygen atoms in total. The molecule has 0 aliphatic carbocycles. The number of nitriles is 1. The topological polar surface area (TPSA) is 87.7 Å². The Morgan fingerprint density at radius 2 is 1.96 bits per heavy atom. The molecule has 9 heteroatoms. The molecule has 0 spiro atoms. The van der Waals surface area contributed by atoms with Gasteiger partial charge in [-0.15, -0.1) is 0 Å². The number of fused-ring (bicyclic) bond motifs is 1. The second-order valence-electron chi connectivity index (χ2n) is 4.56. The van der Waals surface area contributed by atoms with Crippen LogP contribution in [-0.4, -0.2) is 22.8 Å². The summed E-state index contributed by atoms with van der Waals surface area (Å²) in [7, 11) is 0. The van der Waals surface area contributed by atoms with Crippen LogP contribution in [0.1, 0.15) is 0 Å². The van der Waals surface area contributed by atoms with Crippen LogP contribution in [0, 0.1) is 11.3 Å². The highest BCUT2D eigenvalue weighted by Gasteiger charge is 2.12. The van der Waals surface area contributed by atoms with E-state index in [9.17, 15) is 0 Å². The summed E-state index contributed by atoms with van der Waals surface area (Å²) in [6, 6.07) is 10.4. The maximum atomic E-state index is 7.50. The largest absolute Gasteiger partial charge is 0.454 e. The van der Waals surface area contributed by atoms with Crippen LogP contribution in [-0.2, 0) is 0 Å². The van der Waals surface area contributed by atoms with Gasteiger partial charge in [0.25, 0.3) is 0 Å². The standard InChI is InChI=1S/C14H9Cl3N2OS.C2H4N2/c1-21-14-18-9-5-8(16)12(6-10(9)19-14)20-11-4-2-3-7(15)13(11)17;3-1-2-4/h2-6H,1H3,(H,18,19);1,3H2. The highest BCUT2D eigenvalue weighted by molar-refractivity contribution is 7.98. The van der Waals surface area contributed by atoms with Crippen molar-refractivity contribution < 1.29 is 4.74 Å². The number of imidazole rings is 1. The highest BCUT2D eigenvalue weighted by Crippen LogP contribution is 2.38. The minimum Gasteiger partial charge on any atom is -0.454 e. The van der Waals surface area contributed by atoms with Gasteiger partial charge in [-0.25, -0.2) is 4.98 Å². The predicted molar refractivity (Wildman–Crippen MR) is 104 cm³/mol. The van der Waals surface area contributed by atoms with Gasteiger partial charge in [0.1, 0.15) is 16.5 Å². The third-order valence-corrected chi connectivity index (χ3v) is 4.61. The Balaban J connectivity index is 0.000000511. The number of nitrogens with two attached hydrogens (primary N) is 1. The number of hydrogen-bond acceptors (Lipinski definition) is 5. The summed E-state index contributed by atoms with van der Waals surface area (Å²) in [5.74, 6) is 0.944. The van der Waals surface area contributed by atoms with Gasteiger partial charge in [-0.1, -0.05) is 52.6 Å². The molecule has 0 bridgehead atoms. The Hall–Kier alpha value is -1.62. The van der Waals surface area contributed by atoms with Crippen molar-refractivity contribution in [1.82, 2.24) is 9.97 Å². The van der Waals surface area contributed by atoms with Crippen LogP contribution in [0.15, 0.2) is 35.5 Å². The lowest BCUT2D eigenvalue weighted by atomic mass is 10.3. The molecule has 0 radical (unpaired) electrons. The monoisotopic (exact) mass is 414 g/mol. The Morgan fingerprint density at radius 3 is 2.60 bits per heavy atom. The van der Waals surface area contributed by atoms with Crippen molar-refractivity contribution in [1.29, 1.82) is 5.26 Å². The van der Waals surface area contributed by atoms with E-state index in [2.05, 4.69) is 15.7 Å². The first-order valence-corrected chi connectivity index (χ1v) is 9.28. The van der Waals surface area contributed by atoms with Crippen molar-refractivity contribution in [3.63, 3.8) is 0 Å². The fourth-order valence-corrected chi connectivity index (χ4v) is 2.77. The number of ether oxygens (including phenoxy) is 1. The Bertz CT molecular complexity index is 924. The summed E-state index contributed by atoms with van der Waals surface area (Å²) in [6.07, 6.45) is 1.95. The van der Waals surface area contributed by atoms with Crippen LogP contribution >= 0.6 is 46.6 Å².